The highest BCUT2D eigenvalue weighted by atomic mass is 79.9. The smallest absolute Gasteiger partial charge is 0.307 e. The Hall–Kier alpha value is -1.33. The fourth-order valence-electron chi connectivity index (χ4n) is 3.32. The third kappa shape index (κ3) is 2.60. The molecule has 1 aromatic carbocycles. The van der Waals surface area contributed by atoms with E-state index in [0.29, 0.717) is 10.7 Å². The highest BCUT2D eigenvalue weighted by Crippen LogP contribution is 2.48. The maximum atomic E-state index is 12.5. The van der Waals surface area contributed by atoms with Crippen molar-refractivity contribution in [3.8, 4) is 0 Å². The van der Waals surface area contributed by atoms with Gasteiger partial charge in [-0.1, -0.05) is 23.8 Å². The van der Waals surface area contributed by atoms with E-state index in [0.717, 1.165) is 10.9 Å². The average molecular weight is 371 g/mol. The minimum Gasteiger partial charge on any atom is -0.481 e. The molecule has 6 heteroatoms. The number of carboxylic acid groups (broad SMARTS) is 1. The molecule has 1 fully saturated rings. The highest BCUT2D eigenvalue weighted by Gasteiger charge is 2.51. The lowest BCUT2D eigenvalue weighted by atomic mass is 9.82. The number of carbonyl (C=O) groups excluding carboxylic acids is 1. The van der Waals surface area contributed by atoms with E-state index in [1.54, 1.807) is 18.2 Å². The van der Waals surface area contributed by atoms with Crippen LogP contribution in [0.25, 0.3) is 0 Å². The van der Waals surface area contributed by atoms with E-state index in [9.17, 15) is 14.7 Å². The molecule has 3 rings (SSSR count). The summed E-state index contributed by atoms with van der Waals surface area (Å²) in [7, 11) is 0. The number of rotatable bonds is 3. The Morgan fingerprint density at radius 1 is 1.24 bits per heavy atom. The maximum Gasteiger partial charge on any atom is 0.307 e. The molecule has 4 nitrogen and oxygen atoms in total. The predicted molar refractivity (Wildman–Crippen MR) is 83.1 cm³/mol. The number of hydrogen-bond acceptors (Lipinski definition) is 2. The quantitative estimate of drug-likeness (QED) is 0.800. The third-order valence-electron chi connectivity index (χ3n) is 4.23. The lowest BCUT2D eigenvalue weighted by Gasteiger charge is -2.23. The van der Waals surface area contributed by atoms with Crippen LogP contribution in [-0.4, -0.2) is 17.0 Å². The van der Waals surface area contributed by atoms with E-state index >= 15 is 0 Å². The van der Waals surface area contributed by atoms with Crippen molar-refractivity contribution in [3.05, 3.63) is 39.8 Å². The van der Waals surface area contributed by atoms with Crippen molar-refractivity contribution < 1.29 is 14.7 Å². The van der Waals surface area contributed by atoms with Gasteiger partial charge in [-0.3, -0.25) is 9.59 Å². The molecular formula is C15H13BrClNO3. The number of benzene rings is 1. The number of anilines is 1. The van der Waals surface area contributed by atoms with Crippen LogP contribution < -0.4 is 5.32 Å². The first kappa shape index (κ1) is 14.6. The van der Waals surface area contributed by atoms with Gasteiger partial charge in [0.25, 0.3) is 0 Å². The molecule has 2 aliphatic rings. The van der Waals surface area contributed by atoms with E-state index in [1.165, 1.54) is 0 Å². The van der Waals surface area contributed by atoms with Gasteiger partial charge in [0.2, 0.25) is 5.91 Å². The van der Waals surface area contributed by atoms with Gasteiger partial charge in [0, 0.05) is 10.2 Å². The summed E-state index contributed by atoms with van der Waals surface area (Å²) in [5.74, 6) is -2.32. The number of nitrogens with one attached hydrogen (secondary N) is 1. The Morgan fingerprint density at radius 3 is 2.52 bits per heavy atom. The molecule has 0 spiro atoms. The summed E-state index contributed by atoms with van der Waals surface area (Å²) in [6.07, 6.45) is 4.63. The van der Waals surface area contributed by atoms with Gasteiger partial charge in [0.1, 0.15) is 0 Å². The molecule has 4 atom stereocenters. The summed E-state index contributed by atoms with van der Waals surface area (Å²) in [6.45, 7) is 0. The maximum absolute atomic E-state index is 12.5. The van der Waals surface area contributed by atoms with Gasteiger partial charge in [0.05, 0.1) is 16.9 Å². The van der Waals surface area contributed by atoms with Gasteiger partial charge in [0.15, 0.2) is 0 Å². The molecule has 0 heterocycles. The molecule has 0 unspecified atom stereocenters. The largest absolute Gasteiger partial charge is 0.481 e. The zero-order chi connectivity index (χ0) is 15.1. The Labute approximate surface area is 135 Å². The SMILES string of the molecule is O=C(O)[C@@H]1[C@@H](C(=O)Nc2ccc(Br)c(Cl)c2)[C@H]2C=C[C@@H]1C2. The normalized spacial score (nSPS) is 29.6. The minimum atomic E-state index is -0.902. The van der Waals surface area contributed by atoms with Gasteiger partial charge in [-0.25, -0.2) is 0 Å². The molecule has 21 heavy (non-hydrogen) atoms. The van der Waals surface area contributed by atoms with E-state index in [4.69, 9.17) is 11.6 Å². The van der Waals surface area contributed by atoms with E-state index in [1.807, 2.05) is 12.2 Å². The summed E-state index contributed by atoms with van der Waals surface area (Å²) in [4.78, 5) is 23.9. The van der Waals surface area contributed by atoms with Crippen LogP contribution in [0, 0.1) is 23.7 Å². The fourth-order valence-corrected chi connectivity index (χ4v) is 3.74. The second-order valence-corrected chi connectivity index (χ2v) is 6.72. The molecule has 0 saturated heterocycles. The van der Waals surface area contributed by atoms with Crippen LogP contribution in [0.15, 0.2) is 34.8 Å². The summed E-state index contributed by atoms with van der Waals surface area (Å²) in [6, 6.07) is 5.11. The number of carboxylic acids is 1. The van der Waals surface area contributed by atoms with E-state index in [-0.39, 0.29) is 17.7 Å². The number of halogens is 2. The molecule has 0 radical (unpaired) electrons. The molecule has 0 aliphatic heterocycles. The Bertz CT molecular complexity index is 646. The molecule has 1 aromatic rings. The van der Waals surface area contributed by atoms with Crippen molar-refractivity contribution in [1.29, 1.82) is 0 Å². The van der Waals surface area contributed by atoms with Gasteiger partial charge in [-0.05, 0) is 52.4 Å². The molecule has 0 aromatic heterocycles. The second-order valence-electron chi connectivity index (χ2n) is 5.46. The van der Waals surface area contributed by atoms with Crippen molar-refractivity contribution in [1.82, 2.24) is 0 Å². The van der Waals surface area contributed by atoms with Crippen molar-refractivity contribution in [3.63, 3.8) is 0 Å². The first-order valence-electron chi connectivity index (χ1n) is 6.64. The molecule has 110 valence electrons. The van der Waals surface area contributed by atoms with Crippen LogP contribution in [0.4, 0.5) is 5.69 Å². The van der Waals surface area contributed by atoms with Crippen LogP contribution in [-0.2, 0) is 9.59 Å². The van der Waals surface area contributed by atoms with Crippen LogP contribution >= 0.6 is 27.5 Å². The third-order valence-corrected chi connectivity index (χ3v) is 5.47. The van der Waals surface area contributed by atoms with Gasteiger partial charge in [-0.15, -0.1) is 0 Å². The molecular weight excluding hydrogens is 358 g/mol. The van der Waals surface area contributed by atoms with Gasteiger partial charge in [-0.2, -0.15) is 0 Å². The van der Waals surface area contributed by atoms with E-state index < -0.39 is 17.8 Å². The van der Waals surface area contributed by atoms with Crippen LogP contribution in [0.1, 0.15) is 6.42 Å². The number of hydrogen-bond donors (Lipinski definition) is 2. The number of carbonyl (C=O) groups is 2. The number of allylic oxidation sites excluding steroid dienone is 2. The zero-order valence-electron chi connectivity index (χ0n) is 10.9. The predicted octanol–water partition coefficient (Wildman–Crippen LogP) is 3.56. The lowest BCUT2D eigenvalue weighted by molar-refractivity contribution is -0.146. The Kier molecular flexibility index (Phi) is 3.80. The van der Waals surface area contributed by atoms with Crippen molar-refractivity contribution in [2.75, 3.05) is 5.32 Å². The number of fused-ring (bicyclic) bond motifs is 2. The lowest BCUT2D eigenvalue weighted by Crippen LogP contribution is -2.36. The topological polar surface area (TPSA) is 66.4 Å². The average Bonchev–Trinajstić information content (AvgIpc) is 3.03. The van der Waals surface area contributed by atoms with Crippen LogP contribution in [0.2, 0.25) is 5.02 Å². The second kappa shape index (κ2) is 5.46. The van der Waals surface area contributed by atoms with Crippen LogP contribution in [0.5, 0.6) is 0 Å². The van der Waals surface area contributed by atoms with Crippen molar-refractivity contribution >= 4 is 45.1 Å². The summed E-state index contributed by atoms with van der Waals surface area (Å²) in [5, 5.41) is 12.6. The first-order chi connectivity index (χ1) is 9.97. The molecule has 2 bridgehead atoms. The van der Waals surface area contributed by atoms with Gasteiger partial charge >= 0.3 is 5.97 Å². The fraction of sp³-hybridized carbons (Fsp3) is 0.333. The van der Waals surface area contributed by atoms with Crippen molar-refractivity contribution in [2.45, 2.75) is 6.42 Å². The highest BCUT2D eigenvalue weighted by molar-refractivity contribution is 9.10. The van der Waals surface area contributed by atoms with Crippen molar-refractivity contribution in [2.24, 2.45) is 23.7 Å². The number of amides is 1. The summed E-state index contributed by atoms with van der Waals surface area (Å²) in [5.41, 5.74) is 0.573. The Balaban J connectivity index is 1.80. The molecule has 1 saturated carbocycles. The number of aliphatic carboxylic acids is 1. The zero-order valence-corrected chi connectivity index (χ0v) is 13.3. The Morgan fingerprint density at radius 2 is 1.90 bits per heavy atom. The van der Waals surface area contributed by atoms with Gasteiger partial charge < -0.3 is 10.4 Å². The van der Waals surface area contributed by atoms with E-state index in [2.05, 4.69) is 21.2 Å². The molecule has 1 amide bonds. The first-order valence-corrected chi connectivity index (χ1v) is 7.81. The molecule has 2 N–H and O–H groups in total. The summed E-state index contributed by atoms with van der Waals surface area (Å²) >= 11 is 9.28. The standard InChI is InChI=1S/C15H13BrClNO3/c16-10-4-3-9(6-11(10)17)18-14(19)12-7-1-2-8(5-7)13(12)15(20)21/h1-4,6-8,12-13H,5H2,(H,18,19)(H,20,21)/t7-,8+,12-,13-/m0/s1. The monoisotopic (exact) mass is 369 g/mol. The minimum absolute atomic E-state index is 0.0158. The summed E-state index contributed by atoms with van der Waals surface area (Å²) < 4.78 is 0.744. The molecule has 2 aliphatic carbocycles. The van der Waals surface area contributed by atoms with Crippen LogP contribution in [0.3, 0.4) is 0 Å².